The molecule has 1 atom stereocenters. The summed E-state index contributed by atoms with van der Waals surface area (Å²) < 4.78 is 6.33. The molecule has 3 nitrogen and oxygen atoms in total. The Balaban J connectivity index is 1.96. The van der Waals surface area contributed by atoms with Gasteiger partial charge in [-0.05, 0) is 45.2 Å². The molecule has 0 saturated carbocycles. The largest absolute Gasteiger partial charge is 0.368 e. The lowest BCUT2D eigenvalue weighted by atomic mass is 9.77. The first-order valence-electron chi connectivity index (χ1n) is 7.52. The van der Waals surface area contributed by atoms with Gasteiger partial charge < -0.3 is 10.5 Å². The summed E-state index contributed by atoms with van der Waals surface area (Å²) in [6.07, 6.45) is 0.984. The van der Waals surface area contributed by atoms with Gasteiger partial charge in [-0.3, -0.25) is 4.90 Å². The average Bonchev–Trinajstić information content (AvgIpc) is 2.85. The van der Waals surface area contributed by atoms with Crippen LogP contribution in [0.25, 0.3) is 0 Å². The lowest BCUT2D eigenvalue weighted by molar-refractivity contribution is -0.105. The SMILES string of the molecule is CC1(C)CC(CN)(N2Cc3ccccc3C2)C(C)(C)O1. The highest BCUT2D eigenvalue weighted by atomic mass is 16.5. The normalized spacial score (nSPS) is 31.4. The van der Waals surface area contributed by atoms with E-state index in [1.54, 1.807) is 0 Å². The Morgan fingerprint density at radius 2 is 1.65 bits per heavy atom. The summed E-state index contributed by atoms with van der Waals surface area (Å²) in [5.41, 5.74) is 8.69. The molecule has 2 N–H and O–H groups in total. The predicted octanol–water partition coefficient (Wildman–Crippen LogP) is 2.68. The Bertz CT molecular complexity index is 498. The van der Waals surface area contributed by atoms with Gasteiger partial charge in [-0.1, -0.05) is 24.3 Å². The van der Waals surface area contributed by atoms with Gasteiger partial charge in [-0.25, -0.2) is 0 Å². The first-order chi connectivity index (χ1) is 9.30. The smallest absolute Gasteiger partial charge is 0.0830 e. The number of fused-ring (bicyclic) bond motifs is 1. The number of rotatable bonds is 2. The summed E-state index contributed by atoms with van der Waals surface area (Å²) >= 11 is 0. The Labute approximate surface area is 122 Å². The molecule has 1 unspecified atom stereocenters. The van der Waals surface area contributed by atoms with Gasteiger partial charge in [-0.15, -0.1) is 0 Å². The highest BCUT2D eigenvalue weighted by Gasteiger charge is 2.59. The van der Waals surface area contributed by atoms with Gasteiger partial charge in [0.25, 0.3) is 0 Å². The minimum atomic E-state index is -0.229. The van der Waals surface area contributed by atoms with Crippen molar-refractivity contribution in [1.29, 1.82) is 0 Å². The van der Waals surface area contributed by atoms with Crippen LogP contribution >= 0.6 is 0 Å². The number of ether oxygens (including phenoxy) is 1. The molecule has 1 fully saturated rings. The highest BCUT2D eigenvalue weighted by Crippen LogP contribution is 2.50. The van der Waals surface area contributed by atoms with Crippen molar-refractivity contribution in [3.63, 3.8) is 0 Å². The van der Waals surface area contributed by atoms with Crippen molar-refractivity contribution in [2.24, 2.45) is 5.73 Å². The van der Waals surface area contributed by atoms with Crippen molar-refractivity contribution in [2.45, 2.75) is 63.9 Å². The fourth-order valence-electron chi connectivity index (χ4n) is 4.31. The molecule has 3 heteroatoms. The third-order valence-electron chi connectivity index (χ3n) is 5.15. The second-order valence-corrected chi connectivity index (χ2v) is 7.41. The Morgan fingerprint density at radius 3 is 2.05 bits per heavy atom. The second kappa shape index (κ2) is 4.30. The maximum atomic E-state index is 6.33. The Hall–Kier alpha value is -0.900. The van der Waals surface area contributed by atoms with Crippen molar-refractivity contribution < 1.29 is 4.74 Å². The van der Waals surface area contributed by atoms with Crippen LogP contribution in [0.4, 0.5) is 0 Å². The summed E-state index contributed by atoms with van der Waals surface area (Å²) in [6, 6.07) is 8.70. The first-order valence-corrected chi connectivity index (χ1v) is 7.52. The van der Waals surface area contributed by atoms with E-state index >= 15 is 0 Å². The fraction of sp³-hybridized carbons (Fsp3) is 0.647. The molecule has 0 amide bonds. The standard InChI is InChI=1S/C17H26N2O/c1-15(2)11-17(12-18,16(3,4)20-15)19-9-13-7-5-6-8-14(13)10-19/h5-8H,9-12,18H2,1-4H3. The molecule has 0 radical (unpaired) electrons. The number of benzene rings is 1. The van der Waals surface area contributed by atoms with Crippen molar-refractivity contribution in [3.05, 3.63) is 35.4 Å². The van der Waals surface area contributed by atoms with Crippen LogP contribution in [0.3, 0.4) is 0 Å². The molecular weight excluding hydrogens is 248 g/mol. The number of nitrogens with zero attached hydrogens (tertiary/aromatic N) is 1. The average molecular weight is 274 g/mol. The van der Waals surface area contributed by atoms with Gasteiger partial charge in [0.15, 0.2) is 0 Å². The molecule has 2 aliphatic heterocycles. The van der Waals surface area contributed by atoms with Crippen molar-refractivity contribution in [1.82, 2.24) is 4.90 Å². The van der Waals surface area contributed by atoms with Gasteiger partial charge in [-0.2, -0.15) is 0 Å². The first kappa shape index (κ1) is 14.1. The van der Waals surface area contributed by atoms with Crippen LogP contribution in [-0.4, -0.2) is 28.2 Å². The summed E-state index contributed by atoms with van der Waals surface area (Å²) in [4.78, 5) is 2.53. The zero-order valence-corrected chi connectivity index (χ0v) is 13.1. The van der Waals surface area contributed by atoms with Crippen molar-refractivity contribution in [3.8, 4) is 0 Å². The maximum Gasteiger partial charge on any atom is 0.0830 e. The van der Waals surface area contributed by atoms with Crippen LogP contribution in [0.15, 0.2) is 24.3 Å². The molecule has 1 saturated heterocycles. The predicted molar refractivity (Wildman–Crippen MR) is 81.3 cm³/mol. The third-order valence-corrected chi connectivity index (χ3v) is 5.15. The van der Waals surface area contributed by atoms with Gasteiger partial charge in [0.05, 0.1) is 16.7 Å². The van der Waals surface area contributed by atoms with E-state index in [-0.39, 0.29) is 16.7 Å². The molecular formula is C17H26N2O. The molecule has 2 aliphatic rings. The summed E-state index contributed by atoms with van der Waals surface area (Å²) in [5.74, 6) is 0. The zero-order chi connectivity index (χ0) is 14.6. The Morgan fingerprint density at radius 1 is 1.10 bits per heavy atom. The van der Waals surface area contributed by atoms with E-state index in [1.807, 2.05) is 0 Å². The molecule has 0 spiro atoms. The molecule has 3 rings (SSSR count). The van der Waals surface area contributed by atoms with Crippen LogP contribution < -0.4 is 5.73 Å². The Kier molecular flexibility index (Phi) is 3.02. The molecule has 20 heavy (non-hydrogen) atoms. The van der Waals surface area contributed by atoms with Crippen LogP contribution in [0.1, 0.15) is 45.2 Å². The minimum Gasteiger partial charge on any atom is -0.368 e. The summed E-state index contributed by atoms with van der Waals surface area (Å²) in [6.45, 7) is 11.3. The van der Waals surface area contributed by atoms with E-state index in [4.69, 9.17) is 10.5 Å². The lowest BCUT2D eigenvalue weighted by Crippen LogP contribution is -2.61. The van der Waals surface area contributed by atoms with E-state index in [0.717, 1.165) is 19.5 Å². The van der Waals surface area contributed by atoms with E-state index in [2.05, 4.69) is 56.9 Å². The van der Waals surface area contributed by atoms with Crippen LogP contribution in [-0.2, 0) is 17.8 Å². The molecule has 0 aliphatic carbocycles. The minimum absolute atomic E-state index is 0.0878. The van der Waals surface area contributed by atoms with Crippen molar-refractivity contribution in [2.75, 3.05) is 6.54 Å². The molecule has 0 aromatic heterocycles. The van der Waals surface area contributed by atoms with Crippen molar-refractivity contribution >= 4 is 0 Å². The van der Waals surface area contributed by atoms with E-state index < -0.39 is 0 Å². The van der Waals surface area contributed by atoms with E-state index in [9.17, 15) is 0 Å². The van der Waals surface area contributed by atoms with Crippen LogP contribution in [0.5, 0.6) is 0 Å². The molecule has 1 aromatic rings. The third kappa shape index (κ3) is 1.92. The number of hydrogen-bond acceptors (Lipinski definition) is 3. The second-order valence-electron chi connectivity index (χ2n) is 7.41. The molecule has 0 bridgehead atoms. The molecule has 2 heterocycles. The summed E-state index contributed by atoms with van der Waals surface area (Å²) in [5, 5.41) is 0. The highest BCUT2D eigenvalue weighted by molar-refractivity contribution is 5.32. The van der Waals surface area contributed by atoms with Gasteiger partial charge in [0, 0.05) is 19.6 Å². The van der Waals surface area contributed by atoms with Crippen LogP contribution in [0, 0.1) is 0 Å². The van der Waals surface area contributed by atoms with Gasteiger partial charge in [0.2, 0.25) is 0 Å². The quantitative estimate of drug-likeness (QED) is 0.901. The summed E-state index contributed by atoms with van der Waals surface area (Å²) in [7, 11) is 0. The molecule has 110 valence electrons. The van der Waals surface area contributed by atoms with E-state index in [0.29, 0.717) is 6.54 Å². The number of nitrogens with two attached hydrogens (primary N) is 1. The van der Waals surface area contributed by atoms with E-state index in [1.165, 1.54) is 11.1 Å². The number of hydrogen-bond donors (Lipinski definition) is 1. The lowest BCUT2D eigenvalue weighted by Gasteiger charge is -2.46. The fourth-order valence-corrected chi connectivity index (χ4v) is 4.31. The maximum absolute atomic E-state index is 6.33. The van der Waals surface area contributed by atoms with Gasteiger partial charge >= 0.3 is 0 Å². The monoisotopic (exact) mass is 274 g/mol. The van der Waals surface area contributed by atoms with Crippen LogP contribution in [0.2, 0.25) is 0 Å². The zero-order valence-electron chi connectivity index (χ0n) is 13.1. The topological polar surface area (TPSA) is 38.5 Å². The molecule has 1 aromatic carbocycles. The van der Waals surface area contributed by atoms with Gasteiger partial charge in [0.1, 0.15) is 0 Å².